The lowest BCUT2D eigenvalue weighted by molar-refractivity contribution is 0.0695. The van der Waals surface area contributed by atoms with Crippen LogP contribution in [0, 0.1) is 11.7 Å². The first-order chi connectivity index (χ1) is 12.9. The van der Waals surface area contributed by atoms with E-state index in [0.717, 1.165) is 6.07 Å². The van der Waals surface area contributed by atoms with Gasteiger partial charge in [-0.2, -0.15) is 0 Å². The molecule has 0 radical (unpaired) electrons. The molecule has 2 atom stereocenters. The van der Waals surface area contributed by atoms with Crippen molar-refractivity contribution in [3.8, 4) is 5.82 Å². The van der Waals surface area contributed by atoms with Crippen molar-refractivity contribution in [2.75, 3.05) is 18.0 Å². The molecule has 0 saturated carbocycles. The lowest BCUT2D eigenvalue weighted by atomic mass is 10.1. The van der Waals surface area contributed by atoms with Crippen LogP contribution in [0.5, 0.6) is 0 Å². The minimum Gasteiger partial charge on any atom is -0.477 e. The maximum atomic E-state index is 14.8. The first-order valence-corrected chi connectivity index (χ1v) is 8.40. The van der Waals surface area contributed by atoms with Crippen molar-refractivity contribution >= 4 is 22.6 Å². The number of nitrogens with zero attached hydrogens (tertiary/aromatic N) is 3. The molecule has 27 heavy (non-hydrogen) atoms. The van der Waals surface area contributed by atoms with Crippen molar-refractivity contribution in [3.05, 3.63) is 52.3 Å². The fourth-order valence-electron chi connectivity index (χ4n) is 3.44. The Labute approximate surface area is 152 Å². The van der Waals surface area contributed by atoms with E-state index in [4.69, 9.17) is 10.3 Å². The van der Waals surface area contributed by atoms with Gasteiger partial charge in [0.2, 0.25) is 5.43 Å². The van der Waals surface area contributed by atoms with E-state index in [2.05, 4.69) is 5.16 Å². The van der Waals surface area contributed by atoms with Gasteiger partial charge in [0.15, 0.2) is 5.82 Å². The van der Waals surface area contributed by atoms with Gasteiger partial charge in [0.05, 0.1) is 16.6 Å². The van der Waals surface area contributed by atoms with Crippen molar-refractivity contribution in [3.63, 3.8) is 0 Å². The summed E-state index contributed by atoms with van der Waals surface area (Å²) in [5.74, 6) is -1.52. The van der Waals surface area contributed by atoms with Gasteiger partial charge in [-0.05, 0) is 18.1 Å². The number of carboxylic acids is 1. The van der Waals surface area contributed by atoms with Crippen LogP contribution in [0.25, 0.3) is 16.7 Å². The van der Waals surface area contributed by atoms with E-state index in [1.807, 2.05) is 11.8 Å². The zero-order chi connectivity index (χ0) is 19.3. The Morgan fingerprint density at radius 3 is 2.78 bits per heavy atom. The summed E-state index contributed by atoms with van der Waals surface area (Å²) in [6.07, 6.45) is 2.50. The van der Waals surface area contributed by atoms with Crippen LogP contribution in [0.15, 0.2) is 40.0 Å². The molecule has 1 saturated heterocycles. The Kier molecular flexibility index (Phi) is 3.96. The first kappa shape index (κ1) is 17.2. The molecule has 1 fully saturated rings. The van der Waals surface area contributed by atoms with Gasteiger partial charge >= 0.3 is 5.97 Å². The highest BCUT2D eigenvalue weighted by atomic mass is 19.1. The predicted octanol–water partition coefficient (Wildman–Crippen LogP) is 1.60. The van der Waals surface area contributed by atoms with Crippen LogP contribution in [0.4, 0.5) is 10.1 Å². The molecular weight excluding hydrogens is 355 g/mol. The normalized spacial score (nSPS) is 19.7. The van der Waals surface area contributed by atoms with Gasteiger partial charge in [-0.3, -0.25) is 9.36 Å². The van der Waals surface area contributed by atoms with Crippen molar-refractivity contribution in [1.82, 2.24) is 9.72 Å². The van der Waals surface area contributed by atoms with Gasteiger partial charge in [-0.25, -0.2) is 9.18 Å². The predicted molar refractivity (Wildman–Crippen MR) is 95.9 cm³/mol. The Balaban J connectivity index is 2.00. The number of pyridine rings is 1. The molecule has 0 bridgehead atoms. The minimum atomic E-state index is -1.40. The number of aromatic carboxylic acids is 1. The number of carboxylic acid groups (broad SMARTS) is 1. The van der Waals surface area contributed by atoms with Crippen LogP contribution in [-0.2, 0) is 0 Å². The number of hydrogen-bond donors (Lipinski definition) is 2. The zero-order valence-electron chi connectivity index (χ0n) is 14.4. The van der Waals surface area contributed by atoms with Crippen LogP contribution >= 0.6 is 0 Å². The third-order valence-electron chi connectivity index (χ3n) is 4.98. The average Bonchev–Trinajstić information content (AvgIpc) is 3.25. The fraction of sp³-hybridized carbons (Fsp3) is 0.278. The van der Waals surface area contributed by atoms with Crippen molar-refractivity contribution in [2.45, 2.75) is 13.0 Å². The highest BCUT2D eigenvalue weighted by Gasteiger charge is 2.29. The minimum absolute atomic E-state index is 0.0457. The molecule has 0 spiro atoms. The summed E-state index contributed by atoms with van der Waals surface area (Å²) in [4.78, 5) is 25.8. The molecule has 1 aromatic carbocycles. The molecule has 1 unspecified atom stereocenters. The summed E-state index contributed by atoms with van der Waals surface area (Å²) in [7, 11) is 0. The lowest BCUT2D eigenvalue weighted by Crippen LogP contribution is -2.28. The van der Waals surface area contributed by atoms with E-state index >= 15 is 0 Å². The second kappa shape index (κ2) is 6.20. The number of nitrogens with two attached hydrogens (primary N) is 1. The first-order valence-electron chi connectivity index (χ1n) is 8.40. The van der Waals surface area contributed by atoms with E-state index in [9.17, 15) is 19.1 Å². The molecule has 1 aliphatic heterocycles. The number of anilines is 1. The third-order valence-corrected chi connectivity index (χ3v) is 4.98. The Bertz CT molecular complexity index is 1080. The highest BCUT2D eigenvalue weighted by molar-refractivity contribution is 5.94. The van der Waals surface area contributed by atoms with E-state index in [1.165, 1.54) is 29.2 Å². The van der Waals surface area contributed by atoms with Crippen molar-refractivity contribution in [1.29, 1.82) is 0 Å². The summed E-state index contributed by atoms with van der Waals surface area (Å²) >= 11 is 0. The number of hydrogen-bond acceptors (Lipinski definition) is 6. The molecule has 140 valence electrons. The Hall–Kier alpha value is -3.20. The van der Waals surface area contributed by atoms with E-state index in [-0.39, 0.29) is 23.2 Å². The fourth-order valence-corrected chi connectivity index (χ4v) is 3.44. The van der Waals surface area contributed by atoms with Crippen LogP contribution < -0.4 is 16.1 Å². The van der Waals surface area contributed by atoms with Crippen LogP contribution in [-0.4, -0.2) is 39.9 Å². The SMILES string of the molecule is C[C@@H]1CN(c2cc3c(cc2F)c(=O)c(C(=O)O)cn3-c2ccon2)CC1N. The smallest absolute Gasteiger partial charge is 0.341 e. The molecule has 4 rings (SSSR count). The molecule has 9 heteroatoms. The Morgan fingerprint density at radius 1 is 1.41 bits per heavy atom. The molecule has 0 amide bonds. The van der Waals surface area contributed by atoms with E-state index < -0.39 is 22.8 Å². The average molecular weight is 372 g/mol. The molecular formula is C18H17FN4O4. The second-order valence-electron chi connectivity index (χ2n) is 6.77. The number of carbonyl (C=O) groups is 1. The summed E-state index contributed by atoms with van der Waals surface area (Å²) in [5, 5.41) is 13.1. The van der Waals surface area contributed by atoms with Crippen LogP contribution in [0.2, 0.25) is 0 Å². The molecule has 0 aliphatic carbocycles. The molecule has 8 nitrogen and oxygen atoms in total. The maximum Gasteiger partial charge on any atom is 0.341 e. The Morgan fingerprint density at radius 2 is 2.19 bits per heavy atom. The van der Waals surface area contributed by atoms with Crippen molar-refractivity contribution in [2.24, 2.45) is 11.7 Å². The number of benzene rings is 1. The highest BCUT2D eigenvalue weighted by Crippen LogP contribution is 2.30. The van der Waals surface area contributed by atoms with Gasteiger partial charge in [-0.1, -0.05) is 12.1 Å². The topological polar surface area (TPSA) is 115 Å². The largest absolute Gasteiger partial charge is 0.477 e. The van der Waals surface area contributed by atoms with E-state index in [1.54, 1.807) is 0 Å². The lowest BCUT2D eigenvalue weighted by Gasteiger charge is -2.20. The monoisotopic (exact) mass is 372 g/mol. The summed E-state index contributed by atoms with van der Waals surface area (Å²) in [6.45, 7) is 3.07. The quantitative estimate of drug-likeness (QED) is 0.717. The molecule has 3 heterocycles. The van der Waals surface area contributed by atoms with Gasteiger partial charge in [0, 0.05) is 31.4 Å². The van der Waals surface area contributed by atoms with Crippen LogP contribution in [0.1, 0.15) is 17.3 Å². The number of fused-ring (bicyclic) bond motifs is 1. The maximum absolute atomic E-state index is 14.8. The second-order valence-corrected chi connectivity index (χ2v) is 6.77. The van der Waals surface area contributed by atoms with Gasteiger partial charge in [0.25, 0.3) is 0 Å². The van der Waals surface area contributed by atoms with Gasteiger partial charge < -0.3 is 20.3 Å². The number of halogens is 1. The standard InChI is InChI=1S/C18H17FN4O4/c1-9-6-22(8-13(9)20)15-5-14-10(4-12(15)19)17(24)11(18(25)26)7-23(14)16-2-3-27-21-16/h2-5,7,9,13H,6,8,20H2,1H3,(H,25,26)/t9-,13?/m1/s1. The number of rotatable bonds is 3. The molecule has 1 aliphatic rings. The van der Waals surface area contributed by atoms with Gasteiger partial charge in [-0.15, -0.1) is 0 Å². The zero-order valence-corrected chi connectivity index (χ0v) is 14.4. The van der Waals surface area contributed by atoms with Crippen molar-refractivity contribution < 1.29 is 18.8 Å². The van der Waals surface area contributed by atoms with E-state index in [0.29, 0.717) is 24.3 Å². The third kappa shape index (κ3) is 2.76. The van der Waals surface area contributed by atoms with Crippen LogP contribution in [0.3, 0.4) is 0 Å². The molecule has 3 aromatic rings. The van der Waals surface area contributed by atoms with Gasteiger partial charge in [0.1, 0.15) is 17.6 Å². The summed E-state index contributed by atoms with van der Waals surface area (Å²) in [6, 6.07) is 4.04. The summed E-state index contributed by atoms with van der Waals surface area (Å²) in [5.41, 5.74) is 5.46. The number of aromatic nitrogens is 2. The molecule has 2 aromatic heterocycles. The summed E-state index contributed by atoms with van der Waals surface area (Å²) < 4.78 is 21.0. The molecule has 3 N–H and O–H groups in total.